The van der Waals surface area contributed by atoms with Crippen molar-refractivity contribution in [3.05, 3.63) is 39.4 Å². The number of rotatable bonds is 0. The van der Waals surface area contributed by atoms with Crippen molar-refractivity contribution in [2.75, 3.05) is 5.73 Å². The number of benzene rings is 1. The van der Waals surface area contributed by atoms with Gasteiger partial charge in [-0.2, -0.15) is 0 Å². The molecule has 0 radical (unpaired) electrons. The molecule has 4 nitrogen and oxygen atoms in total. The third-order valence-electron chi connectivity index (χ3n) is 3.60. The molecule has 0 unspecified atom stereocenters. The number of hydrogen-bond donors (Lipinski definition) is 1. The summed E-state index contributed by atoms with van der Waals surface area (Å²) in [5.41, 5.74) is 9.90. The fraction of sp³-hybridized carbons (Fsp3) is 0.214. The van der Waals surface area contributed by atoms with E-state index in [1.54, 1.807) is 19.3 Å². The molecule has 3 rings (SSSR count). The lowest BCUT2D eigenvalue weighted by Gasteiger charge is -2.10. The minimum Gasteiger partial charge on any atom is -0.462 e. The van der Waals surface area contributed by atoms with Gasteiger partial charge in [0.1, 0.15) is 5.58 Å². The van der Waals surface area contributed by atoms with Crippen LogP contribution >= 0.6 is 0 Å². The first kappa shape index (κ1) is 10.9. The molecule has 2 N–H and O–H groups in total. The topological polar surface area (TPSA) is 69.4 Å². The Kier molecular flexibility index (Phi) is 2.05. The number of nitrogens with two attached hydrogens (primary N) is 1. The zero-order valence-electron chi connectivity index (χ0n) is 10.5. The standard InChI is InChI=1S/C14H13NO3/c1-6-7(2)14(16)18-12-9-4-5-17-13(9)11(15)8(3)10(6)12/h4-5H,15H2,1-3H3. The van der Waals surface area contributed by atoms with E-state index < -0.39 is 0 Å². The summed E-state index contributed by atoms with van der Waals surface area (Å²) in [6.45, 7) is 5.58. The maximum Gasteiger partial charge on any atom is 0.339 e. The first-order valence-corrected chi connectivity index (χ1v) is 5.71. The highest BCUT2D eigenvalue weighted by molar-refractivity contribution is 6.10. The molecular formula is C14H13NO3. The first-order chi connectivity index (χ1) is 8.52. The van der Waals surface area contributed by atoms with Crippen LogP contribution in [0.15, 0.2) is 26.0 Å². The van der Waals surface area contributed by atoms with Crippen LogP contribution < -0.4 is 11.4 Å². The summed E-state index contributed by atoms with van der Waals surface area (Å²) < 4.78 is 10.8. The van der Waals surface area contributed by atoms with E-state index in [2.05, 4.69) is 0 Å². The van der Waals surface area contributed by atoms with Gasteiger partial charge in [-0.1, -0.05) is 0 Å². The van der Waals surface area contributed by atoms with Crippen molar-refractivity contribution in [1.29, 1.82) is 0 Å². The number of furan rings is 1. The van der Waals surface area contributed by atoms with Crippen LogP contribution in [0.4, 0.5) is 5.69 Å². The summed E-state index contributed by atoms with van der Waals surface area (Å²) >= 11 is 0. The largest absolute Gasteiger partial charge is 0.462 e. The van der Waals surface area contributed by atoms with E-state index in [1.165, 1.54) is 0 Å². The summed E-state index contributed by atoms with van der Waals surface area (Å²) in [6, 6.07) is 1.77. The molecule has 0 atom stereocenters. The van der Waals surface area contributed by atoms with E-state index in [0.717, 1.165) is 21.9 Å². The molecule has 0 aliphatic rings. The zero-order valence-corrected chi connectivity index (χ0v) is 10.5. The molecule has 2 aromatic heterocycles. The van der Waals surface area contributed by atoms with Gasteiger partial charge >= 0.3 is 5.63 Å². The maximum atomic E-state index is 11.8. The lowest BCUT2D eigenvalue weighted by molar-refractivity contribution is 0.556. The molecule has 0 spiro atoms. The molecule has 2 heterocycles. The fourth-order valence-corrected chi connectivity index (χ4v) is 2.37. The van der Waals surface area contributed by atoms with Crippen LogP contribution in [0, 0.1) is 20.8 Å². The molecule has 0 aliphatic carbocycles. The predicted octanol–water partition coefficient (Wildman–Crippen LogP) is 3.05. The van der Waals surface area contributed by atoms with E-state index in [1.807, 2.05) is 13.8 Å². The molecule has 92 valence electrons. The van der Waals surface area contributed by atoms with Crippen molar-refractivity contribution in [2.24, 2.45) is 0 Å². The van der Waals surface area contributed by atoms with E-state index in [9.17, 15) is 4.79 Å². The quantitative estimate of drug-likeness (QED) is 0.486. The van der Waals surface area contributed by atoms with Crippen molar-refractivity contribution in [3.8, 4) is 0 Å². The smallest absolute Gasteiger partial charge is 0.339 e. The van der Waals surface area contributed by atoms with E-state index in [4.69, 9.17) is 14.6 Å². The van der Waals surface area contributed by atoms with Gasteiger partial charge in [0.15, 0.2) is 5.58 Å². The van der Waals surface area contributed by atoms with Crippen LogP contribution in [-0.4, -0.2) is 0 Å². The SMILES string of the molecule is Cc1c(C)c2c(C)c(N)c3occc3c2oc1=O. The van der Waals surface area contributed by atoms with Crippen LogP contribution in [0.2, 0.25) is 0 Å². The molecule has 0 saturated heterocycles. The van der Waals surface area contributed by atoms with Gasteiger partial charge in [0.2, 0.25) is 0 Å². The van der Waals surface area contributed by atoms with Gasteiger partial charge in [0, 0.05) is 10.9 Å². The van der Waals surface area contributed by atoms with Crippen molar-refractivity contribution >= 4 is 27.6 Å². The maximum absolute atomic E-state index is 11.8. The Balaban J connectivity index is 2.75. The van der Waals surface area contributed by atoms with Gasteiger partial charge in [0.05, 0.1) is 17.3 Å². The average molecular weight is 243 g/mol. The molecule has 0 fully saturated rings. The van der Waals surface area contributed by atoms with Crippen LogP contribution in [0.1, 0.15) is 16.7 Å². The van der Waals surface area contributed by atoms with Crippen LogP contribution in [-0.2, 0) is 0 Å². The Morgan fingerprint density at radius 3 is 2.50 bits per heavy atom. The highest BCUT2D eigenvalue weighted by atomic mass is 16.4. The fourth-order valence-electron chi connectivity index (χ4n) is 2.37. The van der Waals surface area contributed by atoms with Gasteiger partial charge in [0.25, 0.3) is 0 Å². The second-order valence-electron chi connectivity index (χ2n) is 4.55. The summed E-state index contributed by atoms with van der Waals surface area (Å²) in [5, 5.41) is 1.65. The van der Waals surface area contributed by atoms with Gasteiger partial charge in [-0.3, -0.25) is 0 Å². The molecule has 1 aromatic carbocycles. The van der Waals surface area contributed by atoms with Gasteiger partial charge in [-0.05, 0) is 38.0 Å². The third-order valence-corrected chi connectivity index (χ3v) is 3.60. The highest BCUT2D eigenvalue weighted by Gasteiger charge is 2.17. The number of aryl methyl sites for hydroxylation is 2. The number of anilines is 1. The number of nitrogen functional groups attached to an aromatic ring is 1. The molecule has 0 aliphatic heterocycles. The van der Waals surface area contributed by atoms with Crippen LogP contribution in [0.25, 0.3) is 21.9 Å². The Hall–Kier alpha value is -2.23. The molecular weight excluding hydrogens is 230 g/mol. The molecule has 4 heteroatoms. The normalized spacial score (nSPS) is 11.5. The van der Waals surface area contributed by atoms with Gasteiger partial charge in [-0.15, -0.1) is 0 Å². The summed E-state index contributed by atoms with van der Waals surface area (Å²) in [5.74, 6) is 0. The van der Waals surface area contributed by atoms with Crippen molar-refractivity contribution in [2.45, 2.75) is 20.8 Å². The number of fused-ring (bicyclic) bond motifs is 3. The number of hydrogen-bond acceptors (Lipinski definition) is 4. The second kappa shape index (κ2) is 3.38. The summed E-state index contributed by atoms with van der Waals surface area (Å²) in [6.07, 6.45) is 1.55. The minimum absolute atomic E-state index is 0.313. The molecule has 0 bridgehead atoms. The van der Waals surface area contributed by atoms with E-state index in [0.29, 0.717) is 22.4 Å². The van der Waals surface area contributed by atoms with E-state index in [-0.39, 0.29) is 5.63 Å². The molecule has 3 aromatic rings. The van der Waals surface area contributed by atoms with Crippen molar-refractivity contribution in [3.63, 3.8) is 0 Å². The lowest BCUT2D eigenvalue weighted by Crippen LogP contribution is -2.07. The lowest BCUT2D eigenvalue weighted by atomic mass is 9.99. The van der Waals surface area contributed by atoms with E-state index >= 15 is 0 Å². The Labute approximate surface area is 103 Å². The van der Waals surface area contributed by atoms with Crippen LogP contribution in [0.3, 0.4) is 0 Å². The van der Waals surface area contributed by atoms with Crippen LogP contribution in [0.5, 0.6) is 0 Å². The zero-order chi connectivity index (χ0) is 13.0. The molecule has 0 amide bonds. The summed E-state index contributed by atoms with van der Waals surface area (Å²) in [7, 11) is 0. The highest BCUT2D eigenvalue weighted by Crippen LogP contribution is 2.36. The monoisotopic (exact) mass is 243 g/mol. The van der Waals surface area contributed by atoms with Gasteiger partial charge < -0.3 is 14.6 Å². The minimum atomic E-state index is -0.313. The summed E-state index contributed by atoms with van der Waals surface area (Å²) in [4.78, 5) is 11.8. The Morgan fingerprint density at radius 2 is 1.78 bits per heavy atom. The predicted molar refractivity (Wildman–Crippen MR) is 70.9 cm³/mol. The third kappa shape index (κ3) is 1.17. The second-order valence-corrected chi connectivity index (χ2v) is 4.55. The van der Waals surface area contributed by atoms with Crippen molar-refractivity contribution < 1.29 is 8.83 Å². The average Bonchev–Trinajstić information content (AvgIpc) is 2.82. The molecule has 18 heavy (non-hydrogen) atoms. The molecule has 0 saturated carbocycles. The Bertz CT molecular complexity index is 840. The van der Waals surface area contributed by atoms with Crippen molar-refractivity contribution in [1.82, 2.24) is 0 Å². The van der Waals surface area contributed by atoms with Gasteiger partial charge in [-0.25, -0.2) is 4.79 Å². The Morgan fingerprint density at radius 1 is 1.06 bits per heavy atom. The first-order valence-electron chi connectivity index (χ1n) is 5.71.